The minimum Gasteiger partial charge on any atom is -0.465 e. The van der Waals surface area contributed by atoms with E-state index in [9.17, 15) is 9.59 Å². The van der Waals surface area contributed by atoms with Crippen LogP contribution in [0.4, 0.5) is 4.79 Å². The molecular formula is C28H28N4O6. The van der Waals surface area contributed by atoms with E-state index >= 15 is 0 Å². The number of carbonyl (C=O) groups excluding carboxylic acids is 2. The number of amidine groups is 1. The minimum atomic E-state index is -0.959. The zero-order valence-electron chi connectivity index (χ0n) is 21.3. The monoisotopic (exact) mass is 516 g/mol. The number of benzene rings is 3. The maximum Gasteiger partial charge on any atom is 0.534 e. The lowest BCUT2D eigenvalue weighted by atomic mass is 9.98. The molecule has 0 bridgehead atoms. The van der Waals surface area contributed by atoms with E-state index in [0.717, 1.165) is 16.7 Å². The third-order valence-corrected chi connectivity index (χ3v) is 5.69. The number of oxime groups is 1. The van der Waals surface area contributed by atoms with Crippen LogP contribution in [0, 0.1) is 0 Å². The van der Waals surface area contributed by atoms with Crippen molar-refractivity contribution in [3.05, 3.63) is 83.4 Å². The van der Waals surface area contributed by atoms with Crippen LogP contribution in [0.2, 0.25) is 0 Å². The summed E-state index contributed by atoms with van der Waals surface area (Å²) in [6, 6.07) is 21.0. The molecule has 196 valence electrons. The second-order valence-electron chi connectivity index (χ2n) is 8.07. The molecule has 4 aromatic rings. The molecule has 0 atom stereocenters. The molecule has 0 saturated heterocycles. The summed E-state index contributed by atoms with van der Waals surface area (Å²) in [6.07, 6.45) is -0.959. The van der Waals surface area contributed by atoms with Gasteiger partial charge >= 0.3 is 12.1 Å². The van der Waals surface area contributed by atoms with Gasteiger partial charge in [0, 0.05) is 5.56 Å². The summed E-state index contributed by atoms with van der Waals surface area (Å²) in [5.74, 6) is -0.377. The van der Waals surface area contributed by atoms with Crippen molar-refractivity contribution in [3.8, 4) is 17.1 Å². The molecule has 10 nitrogen and oxygen atoms in total. The van der Waals surface area contributed by atoms with Crippen LogP contribution in [-0.2, 0) is 20.9 Å². The fraction of sp³-hybridized carbons (Fsp3) is 0.214. The third-order valence-electron chi connectivity index (χ3n) is 5.69. The highest BCUT2D eigenvalue weighted by Gasteiger charge is 2.20. The molecule has 1 aromatic heterocycles. The Morgan fingerprint density at radius 2 is 1.68 bits per heavy atom. The van der Waals surface area contributed by atoms with Crippen LogP contribution in [0.1, 0.15) is 35.3 Å². The molecule has 2 N–H and O–H groups in total. The Balaban J connectivity index is 1.68. The summed E-state index contributed by atoms with van der Waals surface area (Å²) in [5, 5.41) is 3.67. The number of rotatable bonds is 9. The van der Waals surface area contributed by atoms with Crippen LogP contribution >= 0.6 is 0 Å². The fourth-order valence-electron chi connectivity index (χ4n) is 4.03. The molecule has 0 amide bonds. The number of carbonyl (C=O) groups is 2. The van der Waals surface area contributed by atoms with Crippen LogP contribution in [0.15, 0.2) is 71.9 Å². The number of nitrogens with zero attached hydrogens (tertiary/aromatic N) is 3. The summed E-state index contributed by atoms with van der Waals surface area (Å²) in [4.78, 5) is 33.1. The first-order valence-corrected chi connectivity index (χ1v) is 12.0. The van der Waals surface area contributed by atoms with Gasteiger partial charge < -0.3 is 19.9 Å². The highest BCUT2D eigenvalue weighted by Crippen LogP contribution is 2.28. The molecule has 0 aliphatic rings. The number of nitrogens with two attached hydrogens (primary N) is 1. The van der Waals surface area contributed by atoms with Crippen molar-refractivity contribution in [1.29, 1.82) is 0 Å². The molecule has 38 heavy (non-hydrogen) atoms. The van der Waals surface area contributed by atoms with E-state index in [4.69, 9.17) is 15.2 Å². The average molecular weight is 517 g/mol. The topological polar surface area (TPSA) is 127 Å². The molecule has 0 saturated carbocycles. The van der Waals surface area contributed by atoms with Gasteiger partial charge in [-0.2, -0.15) is 4.98 Å². The maximum atomic E-state index is 12.7. The second-order valence-corrected chi connectivity index (χ2v) is 8.07. The molecule has 0 aliphatic carbocycles. The fourth-order valence-corrected chi connectivity index (χ4v) is 4.03. The van der Waals surface area contributed by atoms with Gasteiger partial charge in [-0.15, -0.1) is 0 Å². The lowest BCUT2D eigenvalue weighted by Gasteiger charge is -2.13. The quantitative estimate of drug-likeness (QED) is 0.111. The van der Waals surface area contributed by atoms with E-state index in [2.05, 4.69) is 19.7 Å². The van der Waals surface area contributed by atoms with Gasteiger partial charge in [0.25, 0.3) is 6.01 Å². The smallest absolute Gasteiger partial charge is 0.465 e. The lowest BCUT2D eigenvalue weighted by Crippen LogP contribution is -2.16. The molecule has 4 rings (SSSR count). The number of para-hydroxylation sites is 1. The third kappa shape index (κ3) is 5.59. The molecule has 0 aliphatic heterocycles. The first kappa shape index (κ1) is 26.2. The van der Waals surface area contributed by atoms with Gasteiger partial charge in [-0.3, -0.25) is 9.40 Å². The summed E-state index contributed by atoms with van der Waals surface area (Å²) in [7, 11) is 1.19. The van der Waals surface area contributed by atoms with Gasteiger partial charge in [-0.1, -0.05) is 59.8 Å². The van der Waals surface area contributed by atoms with Crippen LogP contribution in [0.5, 0.6) is 6.01 Å². The zero-order chi connectivity index (χ0) is 27.1. The molecule has 10 heteroatoms. The largest absolute Gasteiger partial charge is 0.534 e. The van der Waals surface area contributed by atoms with Crippen molar-refractivity contribution in [2.24, 2.45) is 10.9 Å². The SMILES string of the molecule is CCOC(=O)c1cccc2nc(OCC)n(Cc3ccc(-c4ccccc4/C(N)=N/OC(=O)OC)cc3)c12. The number of esters is 1. The Morgan fingerprint density at radius 1 is 0.947 bits per heavy atom. The van der Waals surface area contributed by atoms with Crippen LogP contribution in [0.25, 0.3) is 22.2 Å². The maximum absolute atomic E-state index is 12.7. The van der Waals surface area contributed by atoms with Gasteiger partial charge in [0.15, 0.2) is 5.84 Å². The molecule has 0 unspecified atom stereocenters. The Hall–Kier alpha value is -4.86. The standard InChI is InChI=1S/C28H28N4O6/c1-4-36-26(33)22-11-8-12-23-24(22)32(27(30-23)37-5-2)17-18-13-15-19(16-14-18)20-9-6-7-10-21(20)25(29)31-38-28(34)35-3/h6-16H,4-5,17H2,1-3H3,(H2,29,31). The Kier molecular flexibility index (Phi) is 8.22. The number of aromatic nitrogens is 2. The Labute approximate surface area is 219 Å². The van der Waals surface area contributed by atoms with Gasteiger partial charge in [-0.05, 0) is 42.7 Å². The summed E-state index contributed by atoms with van der Waals surface area (Å²) in [5.41, 5.74) is 11.0. The first-order valence-electron chi connectivity index (χ1n) is 12.0. The van der Waals surface area contributed by atoms with Crippen molar-refractivity contribution >= 4 is 29.0 Å². The normalized spacial score (nSPS) is 11.3. The van der Waals surface area contributed by atoms with E-state index in [0.29, 0.717) is 41.3 Å². The highest BCUT2D eigenvalue weighted by molar-refractivity contribution is 6.03. The molecule has 0 spiro atoms. The molecule has 0 radical (unpaired) electrons. The van der Waals surface area contributed by atoms with Crippen molar-refractivity contribution in [2.75, 3.05) is 20.3 Å². The minimum absolute atomic E-state index is 0.0350. The van der Waals surface area contributed by atoms with E-state index in [-0.39, 0.29) is 12.4 Å². The van der Waals surface area contributed by atoms with E-state index in [1.54, 1.807) is 25.1 Å². The van der Waals surface area contributed by atoms with E-state index in [1.807, 2.05) is 60.0 Å². The Morgan fingerprint density at radius 3 is 2.39 bits per heavy atom. The van der Waals surface area contributed by atoms with Crippen LogP contribution in [-0.4, -0.2) is 47.8 Å². The van der Waals surface area contributed by atoms with Crippen molar-refractivity contribution in [3.63, 3.8) is 0 Å². The number of imidazole rings is 1. The highest BCUT2D eigenvalue weighted by atomic mass is 16.8. The van der Waals surface area contributed by atoms with E-state index in [1.165, 1.54) is 7.11 Å². The van der Waals surface area contributed by atoms with Crippen molar-refractivity contribution < 1.29 is 28.6 Å². The molecule has 3 aromatic carbocycles. The summed E-state index contributed by atoms with van der Waals surface area (Å²) < 4.78 is 17.4. The summed E-state index contributed by atoms with van der Waals surface area (Å²) in [6.45, 7) is 4.77. The number of methoxy groups -OCH3 is 1. The first-order chi connectivity index (χ1) is 18.5. The predicted octanol–water partition coefficient (Wildman–Crippen LogP) is 4.73. The van der Waals surface area contributed by atoms with Crippen molar-refractivity contribution in [2.45, 2.75) is 20.4 Å². The number of ether oxygens (including phenoxy) is 3. The number of hydrogen-bond acceptors (Lipinski definition) is 8. The molecular weight excluding hydrogens is 488 g/mol. The average Bonchev–Trinajstić information content (AvgIpc) is 3.29. The number of fused-ring (bicyclic) bond motifs is 1. The second kappa shape index (κ2) is 11.9. The van der Waals surface area contributed by atoms with Gasteiger partial charge in [-0.25, -0.2) is 9.59 Å². The van der Waals surface area contributed by atoms with Crippen LogP contribution < -0.4 is 10.5 Å². The van der Waals surface area contributed by atoms with Gasteiger partial charge in [0.1, 0.15) is 0 Å². The van der Waals surface area contributed by atoms with E-state index < -0.39 is 12.1 Å². The van der Waals surface area contributed by atoms with Crippen molar-refractivity contribution in [1.82, 2.24) is 9.55 Å². The number of hydrogen-bond donors (Lipinski definition) is 1. The Bertz CT molecular complexity index is 1480. The van der Waals surface area contributed by atoms with Gasteiger partial charge in [0.05, 0.1) is 43.5 Å². The lowest BCUT2D eigenvalue weighted by molar-refractivity contribution is 0.0528. The summed E-state index contributed by atoms with van der Waals surface area (Å²) >= 11 is 0. The molecule has 1 heterocycles. The van der Waals surface area contributed by atoms with Crippen LogP contribution in [0.3, 0.4) is 0 Å². The predicted molar refractivity (Wildman–Crippen MR) is 142 cm³/mol. The zero-order valence-corrected chi connectivity index (χ0v) is 21.3. The van der Waals surface area contributed by atoms with Gasteiger partial charge in [0.2, 0.25) is 0 Å². The molecule has 0 fully saturated rings.